The highest BCUT2D eigenvalue weighted by Crippen LogP contribution is 2.19. The zero-order valence-electron chi connectivity index (χ0n) is 15.5. The van der Waals surface area contributed by atoms with Crippen molar-refractivity contribution in [2.75, 3.05) is 18.4 Å². The Kier molecular flexibility index (Phi) is 5.29. The molecule has 144 valence electrons. The summed E-state index contributed by atoms with van der Waals surface area (Å²) < 4.78 is 7.11. The number of aromatic nitrogens is 3. The van der Waals surface area contributed by atoms with E-state index in [-0.39, 0.29) is 12.6 Å². The van der Waals surface area contributed by atoms with E-state index >= 15 is 0 Å². The standard InChI is InChI=1S/C18H23N5O4/c1-11(2)8-13-4-5-14-9-19-17(21-23(13)14)20-15-6-7-22(18(25)26)10-16(15)27-12(3)24/h4-5,8-9,15-16H,6-7,10H2,1-3H3,(H,20,21)(H,25,26). The molecule has 1 aliphatic rings. The second kappa shape index (κ2) is 7.65. The molecule has 2 aromatic heterocycles. The summed E-state index contributed by atoms with van der Waals surface area (Å²) in [6.45, 7) is 5.80. The number of carbonyl (C=O) groups is 2. The molecule has 2 unspecified atom stereocenters. The molecule has 0 bridgehead atoms. The van der Waals surface area contributed by atoms with E-state index in [9.17, 15) is 14.7 Å². The summed E-state index contributed by atoms with van der Waals surface area (Å²) in [6, 6.07) is 3.63. The Labute approximate surface area is 156 Å². The average Bonchev–Trinajstić information content (AvgIpc) is 2.97. The number of ether oxygens (including phenoxy) is 1. The Bertz CT molecular complexity index is 887. The van der Waals surface area contributed by atoms with Gasteiger partial charge in [-0.3, -0.25) is 4.79 Å². The van der Waals surface area contributed by atoms with E-state index < -0.39 is 18.2 Å². The molecule has 3 heterocycles. The van der Waals surface area contributed by atoms with Crippen LogP contribution in [0, 0.1) is 0 Å². The monoisotopic (exact) mass is 373 g/mol. The van der Waals surface area contributed by atoms with Gasteiger partial charge in [0.05, 0.1) is 30.0 Å². The lowest BCUT2D eigenvalue weighted by molar-refractivity contribution is -0.149. The maximum absolute atomic E-state index is 11.4. The SMILES string of the molecule is CC(=O)OC1CN(C(=O)O)CCC1Nc1ncc2ccc(C=C(C)C)n2n1. The fourth-order valence-corrected chi connectivity index (χ4v) is 3.15. The summed E-state index contributed by atoms with van der Waals surface area (Å²) in [6.07, 6.45) is 2.59. The molecule has 2 aromatic rings. The van der Waals surface area contributed by atoms with Crippen molar-refractivity contribution in [3.63, 3.8) is 0 Å². The third-order valence-corrected chi connectivity index (χ3v) is 4.33. The third kappa shape index (κ3) is 4.36. The quantitative estimate of drug-likeness (QED) is 0.791. The average molecular weight is 373 g/mol. The Morgan fingerprint density at radius 3 is 2.78 bits per heavy atom. The molecule has 9 nitrogen and oxygen atoms in total. The molecule has 1 saturated heterocycles. The number of piperidine rings is 1. The Hall–Kier alpha value is -3.10. The zero-order valence-corrected chi connectivity index (χ0v) is 15.5. The highest BCUT2D eigenvalue weighted by atomic mass is 16.5. The van der Waals surface area contributed by atoms with Crippen LogP contribution in [0.1, 0.15) is 32.9 Å². The van der Waals surface area contributed by atoms with Crippen molar-refractivity contribution in [3.8, 4) is 0 Å². The molecular weight excluding hydrogens is 350 g/mol. The first-order valence-electron chi connectivity index (χ1n) is 8.75. The highest BCUT2D eigenvalue weighted by Gasteiger charge is 2.34. The van der Waals surface area contributed by atoms with Crippen LogP contribution in [0.5, 0.6) is 0 Å². The summed E-state index contributed by atoms with van der Waals surface area (Å²) in [4.78, 5) is 28.2. The first kappa shape index (κ1) is 18.7. The first-order chi connectivity index (χ1) is 12.8. The van der Waals surface area contributed by atoms with Crippen LogP contribution in [0.25, 0.3) is 11.6 Å². The van der Waals surface area contributed by atoms with Crippen molar-refractivity contribution in [3.05, 3.63) is 29.6 Å². The number of rotatable bonds is 4. The first-order valence-corrected chi connectivity index (χ1v) is 8.75. The van der Waals surface area contributed by atoms with Gasteiger partial charge in [0.15, 0.2) is 0 Å². The van der Waals surface area contributed by atoms with Crippen molar-refractivity contribution in [2.45, 2.75) is 39.3 Å². The van der Waals surface area contributed by atoms with Gasteiger partial charge in [-0.05, 0) is 38.5 Å². The minimum absolute atomic E-state index is 0.112. The van der Waals surface area contributed by atoms with Crippen LogP contribution in [0.15, 0.2) is 23.9 Å². The zero-order chi connectivity index (χ0) is 19.6. The number of hydrogen-bond acceptors (Lipinski definition) is 6. The summed E-state index contributed by atoms with van der Waals surface area (Å²) >= 11 is 0. The molecular formula is C18H23N5O4. The number of likely N-dealkylation sites (tertiary alicyclic amines) is 1. The van der Waals surface area contributed by atoms with Crippen LogP contribution in [0.3, 0.4) is 0 Å². The molecule has 0 aliphatic carbocycles. The van der Waals surface area contributed by atoms with Crippen molar-refractivity contribution in [1.29, 1.82) is 0 Å². The minimum atomic E-state index is -1.03. The van der Waals surface area contributed by atoms with E-state index in [0.29, 0.717) is 18.9 Å². The number of nitrogens with zero attached hydrogens (tertiary/aromatic N) is 4. The van der Waals surface area contributed by atoms with Crippen molar-refractivity contribution in [1.82, 2.24) is 19.5 Å². The number of carboxylic acid groups (broad SMARTS) is 1. The van der Waals surface area contributed by atoms with E-state index in [2.05, 4.69) is 15.4 Å². The van der Waals surface area contributed by atoms with E-state index in [1.54, 1.807) is 10.7 Å². The molecule has 3 rings (SSSR count). The van der Waals surface area contributed by atoms with Crippen molar-refractivity contribution < 1.29 is 19.4 Å². The number of allylic oxidation sites excluding steroid dienone is 1. The van der Waals surface area contributed by atoms with Crippen LogP contribution in [-0.2, 0) is 9.53 Å². The fourth-order valence-electron chi connectivity index (χ4n) is 3.15. The van der Waals surface area contributed by atoms with E-state index in [1.807, 2.05) is 32.1 Å². The Morgan fingerprint density at radius 2 is 2.11 bits per heavy atom. The normalized spacial score (nSPS) is 19.6. The summed E-state index contributed by atoms with van der Waals surface area (Å²) in [7, 11) is 0. The molecule has 0 aromatic carbocycles. The van der Waals surface area contributed by atoms with E-state index in [4.69, 9.17) is 4.74 Å². The van der Waals surface area contributed by atoms with E-state index in [0.717, 1.165) is 16.8 Å². The summed E-state index contributed by atoms with van der Waals surface area (Å²) in [5.41, 5.74) is 2.96. The Morgan fingerprint density at radius 1 is 1.33 bits per heavy atom. The van der Waals surface area contributed by atoms with Gasteiger partial charge < -0.3 is 20.1 Å². The van der Waals surface area contributed by atoms with Crippen LogP contribution in [0.4, 0.5) is 10.7 Å². The van der Waals surface area contributed by atoms with Crippen molar-refractivity contribution >= 4 is 29.6 Å². The molecule has 9 heteroatoms. The largest absolute Gasteiger partial charge is 0.465 e. The van der Waals surface area contributed by atoms with Gasteiger partial charge in [0.2, 0.25) is 5.95 Å². The fraction of sp³-hybridized carbons (Fsp3) is 0.444. The number of fused-ring (bicyclic) bond motifs is 1. The van der Waals surface area contributed by atoms with Gasteiger partial charge in [-0.25, -0.2) is 14.3 Å². The molecule has 27 heavy (non-hydrogen) atoms. The number of esters is 1. The summed E-state index contributed by atoms with van der Waals surface area (Å²) in [5.74, 6) is -0.0558. The molecule has 2 atom stereocenters. The van der Waals surface area contributed by atoms with Crippen LogP contribution in [-0.4, -0.2) is 61.9 Å². The highest BCUT2D eigenvalue weighted by molar-refractivity contribution is 5.67. The molecule has 0 radical (unpaired) electrons. The number of hydrogen-bond donors (Lipinski definition) is 2. The van der Waals surface area contributed by atoms with Gasteiger partial charge in [0, 0.05) is 13.5 Å². The lowest BCUT2D eigenvalue weighted by Gasteiger charge is -2.36. The maximum atomic E-state index is 11.4. The smallest absolute Gasteiger partial charge is 0.407 e. The number of amides is 1. The molecule has 1 aliphatic heterocycles. The maximum Gasteiger partial charge on any atom is 0.407 e. The second-order valence-corrected chi connectivity index (χ2v) is 6.81. The molecule has 2 N–H and O–H groups in total. The lowest BCUT2D eigenvalue weighted by Crippen LogP contribution is -2.53. The van der Waals surface area contributed by atoms with Crippen LogP contribution >= 0.6 is 0 Å². The van der Waals surface area contributed by atoms with Gasteiger partial charge >= 0.3 is 12.1 Å². The number of anilines is 1. The van der Waals surface area contributed by atoms with Gasteiger partial charge in [-0.2, -0.15) is 0 Å². The topological polar surface area (TPSA) is 109 Å². The number of carbonyl (C=O) groups excluding carboxylic acids is 1. The van der Waals surface area contributed by atoms with Gasteiger partial charge in [0.1, 0.15) is 6.10 Å². The van der Waals surface area contributed by atoms with Crippen molar-refractivity contribution in [2.24, 2.45) is 0 Å². The van der Waals surface area contributed by atoms with Crippen LogP contribution in [0.2, 0.25) is 0 Å². The van der Waals surface area contributed by atoms with Gasteiger partial charge in [-0.15, -0.1) is 5.10 Å². The van der Waals surface area contributed by atoms with Crippen LogP contribution < -0.4 is 5.32 Å². The molecule has 1 fully saturated rings. The predicted octanol–water partition coefficient (Wildman–Crippen LogP) is 2.25. The minimum Gasteiger partial charge on any atom is -0.465 e. The van der Waals surface area contributed by atoms with Gasteiger partial charge in [0.25, 0.3) is 0 Å². The third-order valence-electron chi connectivity index (χ3n) is 4.33. The Balaban J connectivity index is 1.82. The predicted molar refractivity (Wildman–Crippen MR) is 99.5 cm³/mol. The molecule has 0 saturated carbocycles. The molecule has 0 spiro atoms. The van der Waals surface area contributed by atoms with Gasteiger partial charge in [-0.1, -0.05) is 5.57 Å². The molecule has 1 amide bonds. The lowest BCUT2D eigenvalue weighted by atomic mass is 10.0. The second-order valence-electron chi connectivity index (χ2n) is 6.81. The van der Waals surface area contributed by atoms with E-state index in [1.165, 1.54) is 11.8 Å². The summed E-state index contributed by atoms with van der Waals surface area (Å²) in [5, 5.41) is 16.9. The number of nitrogens with one attached hydrogen (secondary N) is 1.